The van der Waals surface area contributed by atoms with Gasteiger partial charge in [0.15, 0.2) is 5.82 Å². The molecular formula is C37H29N5O3S. The van der Waals surface area contributed by atoms with Crippen molar-refractivity contribution in [3.8, 4) is 28.4 Å². The summed E-state index contributed by atoms with van der Waals surface area (Å²) in [5.41, 5.74) is 5.23. The van der Waals surface area contributed by atoms with Gasteiger partial charge in [-0.2, -0.15) is 14.6 Å². The number of para-hydroxylation sites is 1. The molecule has 4 aromatic carbocycles. The summed E-state index contributed by atoms with van der Waals surface area (Å²) >= 11 is 1.30. The Morgan fingerprint density at radius 1 is 0.783 bits per heavy atom. The first-order chi connectivity index (χ1) is 22.6. The number of hydrogen-bond acceptors (Lipinski definition) is 7. The topological polar surface area (TPSA) is 83.5 Å². The Bertz CT molecular complexity index is 2220. The lowest BCUT2D eigenvalue weighted by Gasteiger charge is -2.07. The Kier molecular flexibility index (Phi) is 8.21. The quantitative estimate of drug-likeness (QED) is 0.169. The van der Waals surface area contributed by atoms with E-state index >= 15 is 0 Å². The van der Waals surface area contributed by atoms with Gasteiger partial charge in [-0.05, 0) is 78.7 Å². The molecule has 0 aliphatic rings. The standard InChI is InChI=1S/C37H29N5O3S/c1-2-44-31-18-13-26(14-19-31)15-22-34-38-37-42(39-34)36(43)33(46-37)23-29-24-41(30-11-7-4-8-12-30)40-35(29)28-16-20-32(21-17-28)45-25-27-9-5-3-6-10-27/h3-24H,2,25H2,1H3/b22-15+,33-23-. The average Bonchev–Trinajstić information content (AvgIpc) is 3.79. The normalized spacial score (nSPS) is 11.9. The van der Waals surface area contributed by atoms with Crippen LogP contribution in [0.1, 0.15) is 29.4 Å². The molecule has 3 heterocycles. The third-order valence-electron chi connectivity index (χ3n) is 7.24. The number of benzene rings is 4. The maximum atomic E-state index is 13.4. The number of thiazole rings is 1. The largest absolute Gasteiger partial charge is 0.494 e. The highest BCUT2D eigenvalue weighted by Crippen LogP contribution is 2.27. The predicted molar refractivity (Wildman–Crippen MR) is 182 cm³/mol. The maximum Gasteiger partial charge on any atom is 0.291 e. The van der Waals surface area contributed by atoms with Crippen molar-refractivity contribution >= 4 is 34.5 Å². The van der Waals surface area contributed by atoms with Crippen molar-refractivity contribution in [3.63, 3.8) is 0 Å². The summed E-state index contributed by atoms with van der Waals surface area (Å²) < 4.78 is 15.2. The summed E-state index contributed by atoms with van der Waals surface area (Å²) in [6.45, 7) is 3.06. The van der Waals surface area contributed by atoms with Crippen molar-refractivity contribution in [2.75, 3.05) is 6.61 Å². The second-order valence-electron chi connectivity index (χ2n) is 10.4. The molecule has 0 aliphatic heterocycles. The Labute approximate surface area is 269 Å². The first-order valence-electron chi connectivity index (χ1n) is 14.9. The molecule has 0 N–H and O–H groups in total. The molecule has 0 unspecified atom stereocenters. The molecule has 7 rings (SSSR count). The van der Waals surface area contributed by atoms with Crippen LogP contribution in [0.3, 0.4) is 0 Å². The van der Waals surface area contributed by atoms with Crippen LogP contribution in [0, 0.1) is 0 Å². The molecule has 0 amide bonds. The smallest absolute Gasteiger partial charge is 0.291 e. The minimum absolute atomic E-state index is 0.226. The summed E-state index contributed by atoms with van der Waals surface area (Å²) in [6, 6.07) is 35.6. The summed E-state index contributed by atoms with van der Waals surface area (Å²) in [7, 11) is 0. The highest BCUT2D eigenvalue weighted by Gasteiger charge is 2.14. The van der Waals surface area contributed by atoms with Crippen LogP contribution in [0.25, 0.3) is 40.1 Å². The third-order valence-corrected chi connectivity index (χ3v) is 8.20. The Morgan fingerprint density at radius 2 is 1.48 bits per heavy atom. The van der Waals surface area contributed by atoms with Gasteiger partial charge in [-0.3, -0.25) is 4.79 Å². The number of nitrogens with zero attached hydrogens (tertiary/aromatic N) is 5. The molecule has 0 fully saturated rings. The third kappa shape index (κ3) is 6.36. The van der Waals surface area contributed by atoms with Crippen molar-refractivity contribution in [2.24, 2.45) is 0 Å². The Hall–Kier alpha value is -5.80. The lowest BCUT2D eigenvalue weighted by Crippen LogP contribution is -2.23. The number of ether oxygens (including phenoxy) is 2. The van der Waals surface area contributed by atoms with E-state index in [9.17, 15) is 4.79 Å². The molecule has 0 saturated carbocycles. The van der Waals surface area contributed by atoms with Crippen molar-refractivity contribution in [1.82, 2.24) is 24.4 Å². The van der Waals surface area contributed by atoms with Crippen LogP contribution in [0.15, 0.2) is 120 Å². The van der Waals surface area contributed by atoms with Crippen LogP contribution in [0.5, 0.6) is 11.5 Å². The minimum Gasteiger partial charge on any atom is -0.494 e. The molecule has 0 saturated heterocycles. The molecule has 3 aromatic heterocycles. The molecular weight excluding hydrogens is 595 g/mol. The summed E-state index contributed by atoms with van der Waals surface area (Å²) in [6.07, 6.45) is 7.51. The molecule has 8 nitrogen and oxygen atoms in total. The summed E-state index contributed by atoms with van der Waals surface area (Å²) in [5, 5.41) is 9.37. The zero-order chi connectivity index (χ0) is 31.3. The SMILES string of the molecule is CCOc1ccc(/C=C/c2nc3s/c(=C\c4cn(-c5ccccc5)nc4-c4ccc(OCc5ccccc5)cc4)c(=O)n3n2)cc1. The fourth-order valence-electron chi connectivity index (χ4n) is 4.95. The van der Waals surface area contributed by atoms with Gasteiger partial charge in [0.25, 0.3) is 5.56 Å². The van der Waals surface area contributed by atoms with E-state index < -0.39 is 0 Å². The van der Waals surface area contributed by atoms with E-state index in [-0.39, 0.29) is 5.56 Å². The molecule has 0 atom stereocenters. The van der Waals surface area contributed by atoms with E-state index in [4.69, 9.17) is 14.6 Å². The van der Waals surface area contributed by atoms with Crippen LogP contribution in [-0.2, 0) is 6.61 Å². The van der Waals surface area contributed by atoms with Crippen LogP contribution in [0.2, 0.25) is 0 Å². The van der Waals surface area contributed by atoms with E-state index in [1.54, 1.807) is 6.08 Å². The van der Waals surface area contributed by atoms with Gasteiger partial charge in [-0.15, -0.1) is 5.10 Å². The summed E-state index contributed by atoms with van der Waals surface area (Å²) in [5.74, 6) is 2.05. The Morgan fingerprint density at radius 3 is 2.20 bits per heavy atom. The number of rotatable bonds is 10. The maximum absolute atomic E-state index is 13.4. The van der Waals surface area contributed by atoms with E-state index in [1.165, 1.54) is 15.9 Å². The Balaban J connectivity index is 1.18. The molecule has 9 heteroatoms. The van der Waals surface area contributed by atoms with Gasteiger partial charge in [0, 0.05) is 17.3 Å². The summed E-state index contributed by atoms with van der Waals surface area (Å²) in [4.78, 5) is 18.5. The second kappa shape index (κ2) is 13.1. The van der Waals surface area contributed by atoms with Gasteiger partial charge in [-0.1, -0.05) is 78.1 Å². The molecule has 0 spiro atoms. The fraction of sp³-hybridized carbons (Fsp3) is 0.0811. The van der Waals surface area contributed by atoms with E-state index in [0.29, 0.717) is 28.5 Å². The van der Waals surface area contributed by atoms with Crippen LogP contribution in [0.4, 0.5) is 0 Å². The number of aromatic nitrogens is 5. The zero-order valence-electron chi connectivity index (χ0n) is 25.0. The van der Waals surface area contributed by atoms with Gasteiger partial charge in [0.05, 0.1) is 16.8 Å². The van der Waals surface area contributed by atoms with Gasteiger partial charge >= 0.3 is 0 Å². The van der Waals surface area contributed by atoms with Crippen LogP contribution in [-0.4, -0.2) is 31.0 Å². The van der Waals surface area contributed by atoms with Crippen molar-refractivity contribution < 1.29 is 9.47 Å². The van der Waals surface area contributed by atoms with E-state index in [1.807, 2.05) is 139 Å². The molecule has 46 heavy (non-hydrogen) atoms. The lowest BCUT2D eigenvalue weighted by molar-refractivity contribution is 0.306. The first kappa shape index (κ1) is 28.9. The fourth-order valence-corrected chi connectivity index (χ4v) is 5.86. The number of hydrogen-bond donors (Lipinski definition) is 0. The number of fused-ring (bicyclic) bond motifs is 1. The first-order valence-corrected chi connectivity index (χ1v) is 15.7. The van der Waals surface area contributed by atoms with Crippen molar-refractivity contribution in [2.45, 2.75) is 13.5 Å². The molecule has 0 bridgehead atoms. The monoisotopic (exact) mass is 623 g/mol. The lowest BCUT2D eigenvalue weighted by atomic mass is 10.1. The molecule has 0 radical (unpaired) electrons. The second-order valence-corrected chi connectivity index (χ2v) is 11.4. The van der Waals surface area contributed by atoms with Gasteiger partial charge in [0.1, 0.15) is 23.8 Å². The predicted octanol–water partition coefficient (Wildman–Crippen LogP) is 6.70. The highest BCUT2D eigenvalue weighted by molar-refractivity contribution is 7.15. The van der Waals surface area contributed by atoms with Gasteiger partial charge < -0.3 is 9.47 Å². The minimum atomic E-state index is -0.226. The van der Waals surface area contributed by atoms with E-state index in [0.717, 1.165) is 45.1 Å². The van der Waals surface area contributed by atoms with E-state index in [2.05, 4.69) is 10.1 Å². The van der Waals surface area contributed by atoms with Gasteiger partial charge in [0.2, 0.25) is 4.96 Å². The average molecular weight is 624 g/mol. The van der Waals surface area contributed by atoms with Gasteiger partial charge in [-0.25, -0.2) is 4.68 Å². The molecule has 0 aliphatic carbocycles. The zero-order valence-corrected chi connectivity index (χ0v) is 25.8. The molecule has 226 valence electrons. The van der Waals surface area contributed by atoms with Crippen LogP contribution >= 0.6 is 11.3 Å². The van der Waals surface area contributed by atoms with Crippen molar-refractivity contribution in [1.29, 1.82) is 0 Å². The molecule has 7 aromatic rings. The highest BCUT2D eigenvalue weighted by atomic mass is 32.1. The van der Waals surface area contributed by atoms with Crippen LogP contribution < -0.4 is 19.6 Å². The van der Waals surface area contributed by atoms with Crippen molar-refractivity contribution in [3.05, 3.63) is 153 Å².